The topological polar surface area (TPSA) is 32.8 Å². The van der Waals surface area contributed by atoms with Crippen molar-refractivity contribution in [2.24, 2.45) is 0 Å². The maximum Gasteiger partial charge on any atom is 0.263 e. The number of likely N-dealkylation sites (N-methyl/N-ethyl adjacent to an activating group) is 1. The Kier molecular flexibility index (Phi) is 5.85. The van der Waals surface area contributed by atoms with Crippen LogP contribution in [0.1, 0.15) is 18.1 Å². The van der Waals surface area contributed by atoms with Gasteiger partial charge in [0.1, 0.15) is 5.75 Å². The predicted octanol–water partition coefficient (Wildman–Crippen LogP) is 3.49. The molecule has 0 heterocycles. The second kappa shape index (κ2) is 7.86. The molecule has 0 bridgehead atoms. The van der Waals surface area contributed by atoms with E-state index in [1.807, 2.05) is 57.4 Å². The number of carbonyl (C=O) groups is 1. The summed E-state index contributed by atoms with van der Waals surface area (Å²) < 4.78 is 5.77. The van der Waals surface area contributed by atoms with Crippen LogP contribution in [0.4, 0.5) is 5.69 Å². The number of carbonyl (C=O) groups excluding carboxylic acids is 1. The molecule has 128 valence electrons. The Balaban J connectivity index is 1.95. The normalized spacial score (nSPS) is 11.7. The summed E-state index contributed by atoms with van der Waals surface area (Å²) in [5.74, 6) is 0.688. The van der Waals surface area contributed by atoms with Crippen molar-refractivity contribution in [2.45, 2.75) is 26.5 Å². The van der Waals surface area contributed by atoms with Crippen molar-refractivity contribution < 1.29 is 9.53 Å². The molecule has 1 atom stereocenters. The molecule has 4 heteroatoms. The number of rotatable bonds is 6. The number of hydrogen-bond acceptors (Lipinski definition) is 3. The molecule has 1 unspecified atom stereocenters. The number of amides is 1. The zero-order valence-corrected chi connectivity index (χ0v) is 15.1. The van der Waals surface area contributed by atoms with E-state index in [-0.39, 0.29) is 5.91 Å². The van der Waals surface area contributed by atoms with E-state index in [1.165, 1.54) is 0 Å². The molecule has 0 saturated heterocycles. The van der Waals surface area contributed by atoms with Gasteiger partial charge in [-0.05, 0) is 49.2 Å². The zero-order valence-electron chi connectivity index (χ0n) is 15.1. The van der Waals surface area contributed by atoms with E-state index >= 15 is 0 Å². The van der Waals surface area contributed by atoms with E-state index in [9.17, 15) is 4.79 Å². The minimum absolute atomic E-state index is 0.0341. The van der Waals surface area contributed by atoms with Gasteiger partial charge in [-0.1, -0.05) is 24.3 Å². The molecule has 0 radical (unpaired) electrons. The first-order chi connectivity index (χ1) is 11.4. The molecule has 0 fully saturated rings. The van der Waals surface area contributed by atoms with Crippen LogP contribution >= 0.6 is 0 Å². The average molecular weight is 326 g/mol. The van der Waals surface area contributed by atoms with Gasteiger partial charge in [-0.3, -0.25) is 4.79 Å². The molecule has 2 aromatic carbocycles. The Morgan fingerprint density at radius 1 is 1.08 bits per heavy atom. The molecule has 0 saturated carbocycles. The van der Waals surface area contributed by atoms with Crippen molar-refractivity contribution in [3.8, 4) is 5.75 Å². The van der Waals surface area contributed by atoms with Crippen LogP contribution < -0.4 is 9.64 Å². The molecule has 4 nitrogen and oxygen atoms in total. The van der Waals surface area contributed by atoms with Gasteiger partial charge in [0.2, 0.25) is 0 Å². The summed E-state index contributed by atoms with van der Waals surface area (Å²) in [6.45, 7) is 4.35. The highest BCUT2D eigenvalue weighted by Crippen LogP contribution is 2.16. The quantitative estimate of drug-likeness (QED) is 0.815. The van der Waals surface area contributed by atoms with E-state index < -0.39 is 6.10 Å². The van der Waals surface area contributed by atoms with Crippen molar-refractivity contribution in [3.63, 3.8) is 0 Å². The summed E-state index contributed by atoms with van der Waals surface area (Å²) in [6, 6.07) is 15.9. The van der Waals surface area contributed by atoms with E-state index in [2.05, 4.69) is 17.0 Å². The van der Waals surface area contributed by atoms with Crippen LogP contribution in [0.2, 0.25) is 0 Å². The summed E-state index contributed by atoms with van der Waals surface area (Å²) in [7, 11) is 5.82. The van der Waals surface area contributed by atoms with E-state index in [4.69, 9.17) is 4.74 Å². The van der Waals surface area contributed by atoms with E-state index in [0.717, 1.165) is 22.6 Å². The van der Waals surface area contributed by atoms with Gasteiger partial charge < -0.3 is 14.5 Å². The van der Waals surface area contributed by atoms with Gasteiger partial charge in [0.05, 0.1) is 0 Å². The standard InChI is InChI=1S/C20H26N2O2/c1-15-7-6-8-19(13-15)24-16(2)20(23)22(5)14-17-9-11-18(12-10-17)21(3)4/h6-13,16H,14H2,1-5H3. The minimum Gasteiger partial charge on any atom is -0.481 e. The summed E-state index contributed by atoms with van der Waals surface area (Å²) in [4.78, 5) is 16.3. The molecular weight excluding hydrogens is 300 g/mol. The number of anilines is 1. The predicted molar refractivity (Wildman–Crippen MR) is 98.5 cm³/mol. The van der Waals surface area contributed by atoms with Crippen molar-refractivity contribution in [3.05, 3.63) is 59.7 Å². The Morgan fingerprint density at radius 2 is 1.75 bits per heavy atom. The van der Waals surface area contributed by atoms with Crippen molar-refractivity contribution >= 4 is 11.6 Å². The molecule has 0 aromatic heterocycles. The second-order valence-corrected chi connectivity index (χ2v) is 6.33. The average Bonchev–Trinajstić information content (AvgIpc) is 2.54. The fraction of sp³-hybridized carbons (Fsp3) is 0.350. The molecule has 2 rings (SSSR count). The molecule has 0 aliphatic heterocycles. The molecule has 0 N–H and O–H groups in total. The third kappa shape index (κ3) is 4.75. The highest BCUT2D eigenvalue weighted by atomic mass is 16.5. The Bertz CT molecular complexity index is 680. The number of ether oxygens (including phenoxy) is 1. The van der Waals surface area contributed by atoms with Crippen LogP contribution in [0, 0.1) is 6.92 Å². The van der Waals surface area contributed by atoms with Gasteiger partial charge in [0.25, 0.3) is 5.91 Å². The first-order valence-corrected chi connectivity index (χ1v) is 8.11. The Hall–Kier alpha value is -2.49. The van der Waals surface area contributed by atoms with Crippen molar-refractivity contribution in [1.82, 2.24) is 4.90 Å². The monoisotopic (exact) mass is 326 g/mol. The van der Waals surface area contributed by atoms with Crippen LogP contribution in [0.5, 0.6) is 5.75 Å². The molecule has 0 aliphatic carbocycles. The lowest BCUT2D eigenvalue weighted by atomic mass is 10.2. The third-order valence-corrected chi connectivity index (χ3v) is 3.90. The summed E-state index contributed by atoms with van der Waals surface area (Å²) in [5, 5.41) is 0. The lowest BCUT2D eigenvalue weighted by molar-refractivity contribution is -0.137. The van der Waals surface area contributed by atoms with Gasteiger partial charge in [-0.2, -0.15) is 0 Å². The van der Waals surface area contributed by atoms with Crippen molar-refractivity contribution in [2.75, 3.05) is 26.0 Å². The Labute approximate surface area is 144 Å². The molecule has 2 aromatic rings. The smallest absolute Gasteiger partial charge is 0.263 e. The minimum atomic E-state index is -0.516. The fourth-order valence-electron chi connectivity index (χ4n) is 2.50. The van der Waals surface area contributed by atoms with Crippen LogP contribution in [0.25, 0.3) is 0 Å². The van der Waals surface area contributed by atoms with Crippen molar-refractivity contribution in [1.29, 1.82) is 0 Å². The lowest BCUT2D eigenvalue weighted by Crippen LogP contribution is -2.37. The number of hydrogen-bond donors (Lipinski definition) is 0. The highest BCUT2D eigenvalue weighted by molar-refractivity contribution is 5.80. The number of aryl methyl sites for hydroxylation is 1. The lowest BCUT2D eigenvalue weighted by Gasteiger charge is -2.22. The first kappa shape index (κ1) is 17.9. The highest BCUT2D eigenvalue weighted by Gasteiger charge is 2.19. The van der Waals surface area contributed by atoms with Gasteiger partial charge in [0, 0.05) is 33.4 Å². The molecule has 24 heavy (non-hydrogen) atoms. The van der Waals surface area contributed by atoms with Crippen LogP contribution in [-0.2, 0) is 11.3 Å². The number of benzene rings is 2. The van der Waals surface area contributed by atoms with Crippen LogP contribution in [0.15, 0.2) is 48.5 Å². The molecule has 0 aliphatic rings. The van der Waals surface area contributed by atoms with Crippen LogP contribution in [0.3, 0.4) is 0 Å². The molecule has 1 amide bonds. The van der Waals surface area contributed by atoms with E-state index in [0.29, 0.717) is 6.54 Å². The maximum absolute atomic E-state index is 12.5. The van der Waals surface area contributed by atoms with Gasteiger partial charge in [-0.25, -0.2) is 0 Å². The first-order valence-electron chi connectivity index (χ1n) is 8.11. The van der Waals surface area contributed by atoms with Gasteiger partial charge in [0.15, 0.2) is 6.10 Å². The Morgan fingerprint density at radius 3 is 2.33 bits per heavy atom. The summed E-state index contributed by atoms with van der Waals surface area (Å²) >= 11 is 0. The second-order valence-electron chi connectivity index (χ2n) is 6.33. The maximum atomic E-state index is 12.5. The van der Waals surface area contributed by atoms with Gasteiger partial charge >= 0.3 is 0 Å². The SMILES string of the molecule is Cc1cccc(OC(C)C(=O)N(C)Cc2ccc(N(C)C)cc2)c1. The molecule has 0 spiro atoms. The fourth-order valence-corrected chi connectivity index (χ4v) is 2.50. The summed E-state index contributed by atoms with van der Waals surface area (Å²) in [6.07, 6.45) is -0.516. The zero-order chi connectivity index (χ0) is 17.7. The van der Waals surface area contributed by atoms with Gasteiger partial charge in [-0.15, -0.1) is 0 Å². The largest absolute Gasteiger partial charge is 0.481 e. The summed E-state index contributed by atoms with van der Waals surface area (Å²) in [5.41, 5.74) is 3.35. The van der Waals surface area contributed by atoms with Crippen LogP contribution in [-0.4, -0.2) is 38.1 Å². The van der Waals surface area contributed by atoms with E-state index in [1.54, 1.807) is 18.9 Å². The third-order valence-electron chi connectivity index (χ3n) is 3.90. The molecular formula is C20H26N2O2. The number of nitrogens with zero attached hydrogens (tertiary/aromatic N) is 2.